The summed E-state index contributed by atoms with van der Waals surface area (Å²) >= 11 is 0. The molecule has 120 valence electrons. The third-order valence-corrected chi connectivity index (χ3v) is 5.69. The fourth-order valence-electron chi connectivity index (χ4n) is 4.62. The van der Waals surface area contributed by atoms with Crippen LogP contribution in [0.2, 0.25) is 0 Å². The Kier molecular flexibility index (Phi) is 4.55. The van der Waals surface area contributed by atoms with E-state index in [9.17, 15) is 4.79 Å². The molecule has 2 saturated heterocycles. The van der Waals surface area contributed by atoms with E-state index < -0.39 is 0 Å². The van der Waals surface area contributed by atoms with Gasteiger partial charge in [-0.1, -0.05) is 26.2 Å². The van der Waals surface area contributed by atoms with Crippen LogP contribution >= 0.6 is 0 Å². The Bertz CT molecular complexity index is 378. The van der Waals surface area contributed by atoms with Crippen LogP contribution in [0.1, 0.15) is 58.3 Å². The molecule has 0 aromatic heterocycles. The van der Waals surface area contributed by atoms with E-state index in [-0.39, 0.29) is 11.7 Å². The lowest BCUT2D eigenvalue weighted by Gasteiger charge is -2.34. The normalized spacial score (nSPS) is 33.2. The quantitative estimate of drug-likeness (QED) is 0.863. The Labute approximate surface area is 129 Å². The Morgan fingerprint density at radius 1 is 1.29 bits per heavy atom. The molecular formula is C17H31N3O. The minimum atomic E-state index is -0.194. The molecule has 1 spiro atoms. The Morgan fingerprint density at radius 3 is 2.71 bits per heavy atom. The second-order valence-corrected chi connectivity index (χ2v) is 7.47. The van der Waals surface area contributed by atoms with Crippen molar-refractivity contribution in [2.24, 2.45) is 5.92 Å². The average molecular weight is 293 g/mol. The van der Waals surface area contributed by atoms with Crippen molar-refractivity contribution in [3.63, 3.8) is 0 Å². The highest BCUT2D eigenvalue weighted by atomic mass is 16.2. The highest BCUT2D eigenvalue weighted by molar-refractivity contribution is 5.89. The highest BCUT2D eigenvalue weighted by Gasteiger charge is 2.52. The minimum Gasteiger partial charge on any atom is -0.325 e. The second-order valence-electron chi connectivity index (χ2n) is 7.47. The van der Waals surface area contributed by atoms with Gasteiger partial charge in [0, 0.05) is 13.1 Å². The Morgan fingerprint density at radius 2 is 2.05 bits per heavy atom. The summed E-state index contributed by atoms with van der Waals surface area (Å²) in [6, 6.07) is 0. The molecule has 3 aliphatic rings. The molecule has 1 amide bonds. The van der Waals surface area contributed by atoms with Gasteiger partial charge in [-0.15, -0.1) is 0 Å². The molecule has 1 aliphatic carbocycles. The van der Waals surface area contributed by atoms with E-state index in [2.05, 4.69) is 29.1 Å². The number of likely N-dealkylation sites (tertiary alicyclic amines) is 1. The fraction of sp³-hybridized carbons (Fsp3) is 0.941. The molecule has 0 radical (unpaired) electrons. The van der Waals surface area contributed by atoms with Gasteiger partial charge >= 0.3 is 0 Å². The molecule has 3 rings (SSSR count). The summed E-state index contributed by atoms with van der Waals surface area (Å²) in [5.41, 5.74) is -0.194. The van der Waals surface area contributed by atoms with Crippen LogP contribution < -0.4 is 5.32 Å². The van der Waals surface area contributed by atoms with Gasteiger partial charge in [0.1, 0.15) is 0 Å². The van der Waals surface area contributed by atoms with E-state index >= 15 is 0 Å². The van der Waals surface area contributed by atoms with Crippen LogP contribution in [0, 0.1) is 5.92 Å². The summed E-state index contributed by atoms with van der Waals surface area (Å²) in [5.74, 6) is 1.07. The maximum absolute atomic E-state index is 13.0. The molecule has 2 heterocycles. The number of carbonyl (C=O) groups is 1. The SMILES string of the molecule is CCCC1NC2(CCCC2)C(=O)N1CC1CCCN(C)C1. The molecule has 0 aromatic rings. The van der Waals surface area contributed by atoms with E-state index in [1.165, 1.54) is 32.2 Å². The zero-order chi connectivity index (χ0) is 14.9. The van der Waals surface area contributed by atoms with Gasteiger partial charge in [-0.3, -0.25) is 10.1 Å². The summed E-state index contributed by atoms with van der Waals surface area (Å²) in [6.07, 6.45) is 9.58. The molecular weight excluding hydrogens is 262 g/mol. The number of amides is 1. The molecule has 1 saturated carbocycles. The Balaban J connectivity index is 1.70. The monoisotopic (exact) mass is 293 g/mol. The maximum atomic E-state index is 13.0. The van der Waals surface area contributed by atoms with Crippen LogP contribution in [0.4, 0.5) is 0 Å². The van der Waals surface area contributed by atoms with E-state index in [0.717, 1.165) is 38.8 Å². The number of hydrogen-bond acceptors (Lipinski definition) is 3. The van der Waals surface area contributed by atoms with Gasteiger partial charge in [-0.05, 0) is 51.6 Å². The third-order valence-electron chi connectivity index (χ3n) is 5.69. The van der Waals surface area contributed by atoms with Crippen LogP contribution in [-0.4, -0.2) is 54.1 Å². The maximum Gasteiger partial charge on any atom is 0.244 e. The van der Waals surface area contributed by atoms with Crippen LogP contribution in [0.3, 0.4) is 0 Å². The van der Waals surface area contributed by atoms with Crippen molar-refractivity contribution in [2.75, 3.05) is 26.7 Å². The van der Waals surface area contributed by atoms with Crippen LogP contribution in [-0.2, 0) is 4.79 Å². The first-order valence-corrected chi connectivity index (χ1v) is 8.92. The van der Waals surface area contributed by atoms with Gasteiger partial charge in [0.05, 0.1) is 11.7 Å². The lowest BCUT2D eigenvalue weighted by Crippen LogP contribution is -2.45. The van der Waals surface area contributed by atoms with Crippen molar-refractivity contribution >= 4 is 5.91 Å². The lowest BCUT2D eigenvalue weighted by molar-refractivity contribution is -0.134. The van der Waals surface area contributed by atoms with Gasteiger partial charge in [-0.2, -0.15) is 0 Å². The largest absolute Gasteiger partial charge is 0.325 e. The summed E-state index contributed by atoms with van der Waals surface area (Å²) in [5, 5.41) is 3.73. The molecule has 21 heavy (non-hydrogen) atoms. The van der Waals surface area contributed by atoms with Crippen LogP contribution in [0.25, 0.3) is 0 Å². The number of carbonyl (C=O) groups excluding carboxylic acids is 1. The van der Waals surface area contributed by atoms with Crippen molar-refractivity contribution in [3.8, 4) is 0 Å². The third kappa shape index (κ3) is 2.98. The molecule has 1 N–H and O–H groups in total. The number of rotatable bonds is 4. The first kappa shape index (κ1) is 15.3. The van der Waals surface area contributed by atoms with Crippen molar-refractivity contribution in [2.45, 2.75) is 70.0 Å². The van der Waals surface area contributed by atoms with Crippen molar-refractivity contribution in [1.29, 1.82) is 0 Å². The number of hydrogen-bond donors (Lipinski definition) is 1. The summed E-state index contributed by atoms with van der Waals surface area (Å²) in [4.78, 5) is 17.6. The Hall–Kier alpha value is -0.610. The standard InChI is InChI=1S/C17H31N3O/c1-3-7-15-18-17(9-4-5-10-17)16(21)20(15)13-14-8-6-11-19(2)12-14/h14-15,18H,3-13H2,1-2H3. The number of nitrogens with one attached hydrogen (secondary N) is 1. The van der Waals surface area contributed by atoms with E-state index in [0.29, 0.717) is 11.8 Å². The molecule has 2 unspecified atom stereocenters. The van der Waals surface area contributed by atoms with Crippen molar-refractivity contribution in [3.05, 3.63) is 0 Å². The van der Waals surface area contributed by atoms with Gasteiger partial charge in [-0.25, -0.2) is 0 Å². The van der Waals surface area contributed by atoms with E-state index in [1.807, 2.05) is 0 Å². The predicted octanol–water partition coefficient (Wildman–Crippen LogP) is 2.20. The summed E-state index contributed by atoms with van der Waals surface area (Å²) < 4.78 is 0. The average Bonchev–Trinajstić information content (AvgIpc) is 3.02. The summed E-state index contributed by atoms with van der Waals surface area (Å²) in [6.45, 7) is 5.54. The van der Waals surface area contributed by atoms with Gasteiger partial charge in [0.15, 0.2) is 0 Å². The van der Waals surface area contributed by atoms with Crippen molar-refractivity contribution < 1.29 is 4.79 Å². The molecule has 0 bridgehead atoms. The molecule has 4 heteroatoms. The van der Waals surface area contributed by atoms with Crippen LogP contribution in [0.5, 0.6) is 0 Å². The zero-order valence-corrected chi connectivity index (χ0v) is 13.7. The molecule has 0 aromatic carbocycles. The lowest BCUT2D eigenvalue weighted by atomic mass is 9.95. The summed E-state index contributed by atoms with van der Waals surface area (Å²) in [7, 11) is 2.21. The molecule has 4 nitrogen and oxygen atoms in total. The smallest absolute Gasteiger partial charge is 0.244 e. The van der Waals surface area contributed by atoms with Gasteiger partial charge < -0.3 is 9.80 Å². The van der Waals surface area contributed by atoms with Gasteiger partial charge in [0.2, 0.25) is 5.91 Å². The highest BCUT2D eigenvalue weighted by Crippen LogP contribution is 2.37. The topological polar surface area (TPSA) is 35.6 Å². The molecule has 2 aliphatic heterocycles. The number of nitrogens with zero attached hydrogens (tertiary/aromatic N) is 2. The van der Waals surface area contributed by atoms with Gasteiger partial charge in [0.25, 0.3) is 0 Å². The minimum absolute atomic E-state index is 0.194. The predicted molar refractivity (Wildman–Crippen MR) is 85.0 cm³/mol. The first-order chi connectivity index (χ1) is 10.1. The second kappa shape index (κ2) is 6.25. The fourth-order valence-corrected chi connectivity index (χ4v) is 4.62. The first-order valence-electron chi connectivity index (χ1n) is 8.92. The zero-order valence-electron chi connectivity index (χ0n) is 13.7. The van der Waals surface area contributed by atoms with Crippen molar-refractivity contribution in [1.82, 2.24) is 15.1 Å². The number of piperidine rings is 1. The molecule has 2 atom stereocenters. The molecule has 3 fully saturated rings. The van der Waals surface area contributed by atoms with Crippen LogP contribution in [0.15, 0.2) is 0 Å². The van der Waals surface area contributed by atoms with E-state index in [4.69, 9.17) is 0 Å². The van der Waals surface area contributed by atoms with E-state index in [1.54, 1.807) is 0 Å².